The Bertz CT molecular complexity index is 393. The Hall–Kier alpha value is -0.770. The van der Waals surface area contributed by atoms with Crippen molar-refractivity contribution >= 4 is 52.5 Å². The topological polar surface area (TPSA) is 41.5 Å². The Morgan fingerprint density at radius 1 is 1.47 bits per heavy atom. The number of rotatable bonds is 4. The molecule has 0 heterocycles. The Morgan fingerprint density at radius 2 is 2.20 bits per heavy atom. The average molecular weight is 266 g/mol. The van der Waals surface area contributed by atoms with E-state index in [0.717, 1.165) is 0 Å². The molecule has 0 spiro atoms. The van der Waals surface area contributed by atoms with Crippen molar-refractivity contribution in [1.29, 1.82) is 0 Å². The van der Waals surface area contributed by atoms with E-state index in [1.54, 1.807) is 18.2 Å². The summed E-state index contributed by atoms with van der Waals surface area (Å²) in [5.74, 6) is 0.0434. The van der Waals surface area contributed by atoms with Crippen LogP contribution in [0.1, 0.15) is 0 Å². The van der Waals surface area contributed by atoms with Gasteiger partial charge in [0, 0.05) is 5.02 Å². The monoisotopic (exact) mass is 264 g/mol. The quantitative estimate of drug-likeness (QED) is 0.393. The highest BCUT2D eigenvalue weighted by Gasteiger charge is 2.00. The molecule has 0 saturated carbocycles. The number of hydrogen-bond acceptors (Lipinski definition) is 3. The Labute approximate surface area is 102 Å². The van der Waals surface area contributed by atoms with Gasteiger partial charge in [-0.05, 0) is 18.2 Å². The molecule has 0 aliphatic rings. The van der Waals surface area contributed by atoms with Crippen LogP contribution in [0.25, 0.3) is 0 Å². The molecule has 3 nitrogen and oxygen atoms in total. The number of carbonyl (C=O) groups excluding carboxylic acids is 1. The fraction of sp³-hybridized carbons (Fsp3) is 0.111. The first-order valence-electron chi connectivity index (χ1n) is 3.96. The summed E-state index contributed by atoms with van der Waals surface area (Å²) in [6.07, 6.45) is 0.573. The van der Waals surface area contributed by atoms with Gasteiger partial charge in [0.15, 0.2) is 6.29 Å². The van der Waals surface area contributed by atoms with Crippen molar-refractivity contribution in [2.45, 2.75) is 0 Å². The van der Waals surface area contributed by atoms with Crippen molar-refractivity contribution in [2.75, 3.05) is 11.3 Å². The first-order valence-corrected chi connectivity index (χ1v) is 5.25. The minimum Gasteiger partial charge on any atom is -0.296 e. The largest absolute Gasteiger partial charge is 0.296 e. The van der Waals surface area contributed by atoms with Crippen molar-refractivity contribution in [3.8, 4) is 0 Å². The van der Waals surface area contributed by atoms with E-state index < -0.39 is 0 Å². The third-order valence-electron chi connectivity index (χ3n) is 1.52. The van der Waals surface area contributed by atoms with Gasteiger partial charge in [-0.15, -0.1) is 11.6 Å². The second-order valence-corrected chi connectivity index (χ2v) is 3.70. The van der Waals surface area contributed by atoms with Crippen LogP contribution in [0.15, 0.2) is 23.3 Å². The van der Waals surface area contributed by atoms with Gasteiger partial charge < -0.3 is 0 Å². The van der Waals surface area contributed by atoms with Gasteiger partial charge in [-0.3, -0.25) is 10.2 Å². The minimum absolute atomic E-state index is 0.0434. The number of nitrogens with one attached hydrogen (secondary N) is 1. The van der Waals surface area contributed by atoms with Crippen LogP contribution < -0.4 is 5.43 Å². The van der Waals surface area contributed by atoms with Crippen LogP contribution in [0.4, 0.5) is 5.69 Å². The number of halogens is 3. The van der Waals surface area contributed by atoms with Gasteiger partial charge in [-0.25, -0.2) is 0 Å². The van der Waals surface area contributed by atoms with Crippen LogP contribution in [0.3, 0.4) is 0 Å². The lowest BCUT2D eigenvalue weighted by molar-refractivity contribution is -0.102. The molecule has 1 aromatic carbocycles. The van der Waals surface area contributed by atoms with E-state index in [-0.39, 0.29) is 11.6 Å². The van der Waals surface area contributed by atoms with Gasteiger partial charge in [0.1, 0.15) is 5.71 Å². The number of alkyl halides is 1. The van der Waals surface area contributed by atoms with Crippen LogP contribution in [0.2, 0.25) is 10.0 Å². The molecule has 0 aromatic heterocycles. The van der Waals surface area contributed by atoms with Crippen molar-refractivity contribution in [1.82, 2.24) is 0 Å². The summed E-state index contributed by atoms with van der Waals surface area (Å²) in [5, 5.41) is 4.71. The highest BCUT2D eigenvalue weighted by Crippen LogP contribution is 2.25. The summed E-state index contributed by atoms with van der Waals surface area (Å²) >= 11 is 17.0. The fourth-order valence-electron chi connectivity index (χ4n) is 0.800. The van der Waals surface area contributed by atoms with Crippen LogP contribution in [0.5, 0.6) is 0 Å². The lowest BCUT2D eigenvalue weighted by Gasteiger charge is -2.03. The average Bonchev–Trinajstić information content (AvgIpc) is 2.22. The fourth-order valence-corrected chi connectivity index (χ4v) is 1.37. The zero-order valence-corrected chi connectivity index (χ0v) is 9.77. The van der Waals surface area contributed by atoms with E-state index in [1.165, 1.54) is 0 Å². The molecule has 0 saturated heterocycles. The maximum atomic E-state index is 10.4. The maximum absolute atomic E-state index is 10.4. The second-order valence-electron chi connectivity index (χ2n) is 2.59. The van der Waals surface area contributed by atoms with Crippen LogP contribution in [-0.4, -0.2) is 17.9 Å². The molecular formula is C9H7Cl3N2O. The van der Waals surface area contributed by atoms with Gasteiger partial charge >= 0.3 is 0 Å². The number of benzene rings is 1. The Balaban J connectivity index is 2.81. The molecule has 0 unspecified atom stereocenters. The van der Waals surface area contributed by atoms with E-state index in [9.17, 15) is 4.79 Å². The number of anilines is 1. The van der Waals surface area contributed by atoms with Crippen LogP contribution in [-0.2, 0) is 4.79 Å². The number of aldehydes is 1. The molecule has 0 atom stereocenters. The molecule has 15 heavy (non-hydrogen) atoms. The number of nitrogens with zero attached hydrogens (tertiary/aromatic N) is 1. The number of carbonyl (C=O) groups is 1. The van der Waals surface area contributed by atoms with Gasteiger partial charge in [0.2, 0.25) is 0 Å². The third kappa shape index (κ3) is 3.70. The van der Waals surface area contributed by atoms with Gasteiger partial charge in [-0.2, -0.15) is 5.10 Å². The molecule has 0 aliphatic heterocycles. The predicted molar refractivity (Wildman–Crippen MR) is 64.3 cm³/mol. The normalized spacial score (nSPS) is 11.3. The first kappa shape index (κ1) is 12.3. The molecule has 80 valence electrons. The molecule has 1 rings (SSSR count). The van der Waals surface area contributed by atoms with Crippen molar-refractivity contribution in [3.63, 3.8) is 0 Å². The van der Waals surface area contributed by atoms with E-state index >= 15 is 0 Å². The number of hydrazone groups is 1. The predicted octanol–water partition coefficient (Wildman–Crippen LogP) is 3.20. The molecule has 0 aliphatic carbocycles. The maximum Gasteiger partial charge on any atom is 0.167 e. The van der Waals surface area contributed by atoms with Crippen LogP contribution >= 0.6 is 34.8 Å². The smallest absolute Gasteiger partial charge is 0.167 e. The minimum atomic E-state index is 0.0434. The van der Waals surface area contributed by atoms with Gasteiger partial charge in [-0.1, -0.05) is 23.2 Å². The van der Waals surface area contributed by atoms with Crippen molar-refractivity contribution < 1.29 is 4.79 Å². The summed E-state index contributed by atoms with van der Waals surface area (Å²) < 4.78 is 0. The van der Waals surface area contributed by atoms with E-state index in [4.69, 9.17) is 34.8 Å². The standard InChI is InChI=1S/C9H7Cl3N2O/c10-4-7(5-15)13-14-9-2-1-6(11)3-8(9)12/h1-3,5,14H,4H2. The molecular weight excluding hydrogens is 258 g/mol. The first-order chi connectivity index (χ1) is 7.17. The summed E-state index contributed by atoms with van der Waals surface area (Å²) in [7, 11) is 0. The molecule has 1 N–H and O–H groups in total. The number of hydrogen-bond donors (Lipinski definition) is 1. The summed E-state index contributed by atoms with van der Waals surface area (Å²) in [6.45, 7) is 0. The highest BCUT2D eigenvalue weighted by atomic mass is 35.5. The second kappa shape index (κ2) is 5.95. The van der Waals surface area contributed by atoms with E-state index in [2.05, 4.69) is 10.5 Å². The lowest BCUT2D eigenvalue weighted by Crippen LogP contribution is -2.05. The van der Waals surface area contributed by atoms with Crippen molar-refractivity contribution in [2.24, 2.45) is 5.10 Å². The molecule has 6 heteroatoms. The summed E-state index contributed by atoms with van der Waals surface area (Å²) in [4.78, 5) is 10.4. The van der Waals surface area contributed by atoms with Gasteiger partial charge in [0.25, 0.3) is 0 Å². The highest BCUT2D eigenvalue weighted by molar-refractivity contribution is 6.42. The Morgan fingerprint density at radius 3 is 2.73 bits per heavy atom. The molecule has 0 radical (unpaired) electrons. The molecule has 0 fully saturated rings. The Kier molecular flexibility index (Phi) is 4.88. The van der Waals surface area contributed by atoms with E-state index in [0.29, 0.717) is 22.0 Å². The van der Waals surface area contributed by atoms with Crippen molar-refractivity contribution in [3.05, 3.63) is 28.2 Å². The van der Waals surface area contributed by atoms with E-state index in [1.807, 2.05) is 0 Å². The third-order valence-corrected chi connectivity index (χ3v) is 2.35. The zero-order chi connectivity index (χ0) is 11.3. The molecule has 0 bridgehead atoms. The molecule has 0 amide bonds. The molecule has 1 aromatic rings. The lowest BCUT2D eigenvalue weighted by atomic mass is 10.3. The SMILES string of the molecule is O=CC(CCl)=NNc1ccc(Cl)cc1Cl. The zero-order valence-electron chi connectivity index (χ0n) is 7.51. The van der Waals surface area contributed by atoms with Gasteiger partial charge in [0.05, 0.1) is 16.6 Å². The summed E-state index contributed by atoms with van der Waals surface area (Å²) in [5.41, 5.74) is 3.38. The van der Waals surface area contributed by atoms with Crippen LogP contribution in [0, 0.1) is 0 Å². The summed E-state index contributed by atoms with van der Waals surface area (Å²) in [6, 6.07) is 4.89.